The molecule has 0 aromatic carbocycles. The van der Waals surface area contributed by atoms with Gasteiger partial charge in [-0.1, -0.05) is 331 Å². The standard InChI is InChI=1S/C76H148O17P2/c1-9-68(7)54-46-38-30-23-19-17-15-13-11-12-14-16-18-20-24-31-40-48-56-73(78)86-62-71(92-75(80)58-50-42-33-25-21-22-28-36-44-52-66(3)4)64-90-94(82,83)88-60-70(77)61-89-95(84,85)91-65-72(93-76(81)59-51-43-35-34-39-47-55-69(8)10-2)63-87-74(79)57-49-41-32-27-26-29-37-45-53-67(5)6/h66-72,77H,9-65H2,1-8H3,(H,82,83)(H,84,85)/t68?,69?,70?,71-,72-/m1/s1. The number of aliphatic hydroxyl groups excluding tert-OH is 1. The second-order valence-electron chi connectivity index (χ2n) is 28.8. The first-order valence-corrected chi connectivity index (χ1v) is 42.3. The van der Waals surface area contributed by atoms with Crippen molar-refractivity contribution < 1.29 is 80.2 Å². The third-order valence-corrected chi connectivity index (χ3v) is 20.2. The Morgan fingerprint density at radius 2 is 0.505 bits per heavy atom. The highest BCUT2D eigenvalue weighted by molar-refractivity contribution is 7.47. The summed E-state index contributed by atoms with van der Waals surface area (Å²) in [7, 11) is -9.91. The number of carbonyl (C=O) groups is 4. The van der Waals surface area contributed by atoms with E-state index in [-0.39, 0.29) is 25.7 Å². The Hall–Kier alpha value is -1.94. The zero-order chi connectivity index (χ0) is 70.3. The van der Waals surface area contributed by atoms with Crippen LogP contribution in [0.15, 0.2) is 0 Å². The lowest BCUT2D eigenvalue weighted by Crippen LogP contribution is -2.30. The van der Waals surface area contributed by atoms with Crippen molar-refractivity contribution in [1.82, 2.24) is 0 Å². The van der Waals surface area contributed by atoms with Gasteiger partial charge in [0.05, 0.1) is 26.4 Å². The number of hydrogen-bond donors (Lipinski definition) is 3. The molecule has 0 saturated carbocycles. The number of unbranched alkanes of at least 4 members (excludes halogenated alkanes) is 37. The molecule has 0 aliphatic heterocycles. The van der Waals surface area contributed by atoms with Gasteiger partial charge in [-0.2, -0.15) is 0 Å². The quantitative estimate of drug-likeness (QED) is 0.0222. The van der Waals surface area contributed by atoms with Gasteiger partial charge < -0.3 is 33.8 Å². The molecule has 0 aliphatic carbocycles. The molecule has 0 aromatic rings. The Morgan fingerprint density at radius 1 is 0.295 bits per heavy atom. The van der Waals surface area contributed by atoms with E-state index in [0.29, 0.717) is 25.7 Å². The van der Waals surface area contributed by atoms with Crippen molar-refractivity contribution in [2.45, 2.75) is 401 Å². The first-order valence-electron chi connectivity index (χ1n) is 39.3. The molecule has 17 nitrogen and oxygen atoms in total. The zero-order valence-corrected chi connectivity index (χ0v) is 64.1. The number of ether oxygens (including phenoxy) is 4. The Bertz CT molecular complexity index is 1870. The SMILES string of the molecule is CCC(C)CCCCCCCCCCCCCCCCCCCCC(=O)OC[C@H](COP(=O)(O)OCC(O)COP(=O)(O)OC[C@@H](COC(=O)CCCCCCCCCCC(C)C)OC(=O)CCCCCCCCC(C)CC)OC(=O)CCCCCCCCCCCC(C)C. The highest BCUT2D eigenvalue weighted by Crippen LogP contribution is 2.45. The molecule has 0 amide bonds. The zero-order valence-electron chi connectivity index (χ0n) is 62.3. The monoisotopic (exact) mass is 1400 g/mol. The second-order valence-corrected chi connectivity index (χ2v) is 31.7. The van der Waals surface area contributed by atoms with E-state index in [4.69, 9.17) is 37.0 Å². The summed E-state index contributed by atoms with van der Waals surface area (Å²) in [4.78, 5) is 72.7. The summed E-state index contributed by atoms with van der Waals surface area (Å²) < 4.78 is 68.4. The summed E-state index contributed by atoms with van der Waals surface area (Å²) in [6, 6.07) is 0. The normalized spacial score (nSPS) is 14.7. The molecule has 0 bridgehead atoms. The summed E-state index contributed by atoms with van der Waals surface area (Å²) >= 11 is 0. The average Bonchev–Trinajstić information content (AvgIpc) is 1.74. The fourth-order valence-corrected chi connectivity index (χ4v) is 13.1. The topological polar surface area (TPSA) is 237 Å². The predicted molar refractivity (Wildman–Crippen MR) is 386 cm³/mol. The molecule has 564 valence electrons. The molecular formula is C76H148O17P2. The minimum Gasteiger partial charge on any atom is -0.462 e. The van der Waals surface area contributed by atoms with Crippen LogP contribution in [0.5, 0.6) is 0 Å². The lowest BCUT2D eigenvalue weighted by Gasteiger charge is -2.21. The van der Waals surface area contributed by atoms with Crippen LogP contribution < -0.4 is 0 Å². The first kappa shape index (κ1) is 93.1. The maximum Gasteiger partial charge on any atom is 0.472 e. The maximum atomic E-state index is 13.1. The van der Waals surface area contributed by atoms with Gasteiger partial charge in [0.25, 0.3) is 0 Å². The molecule has 7 atom stereocenters. The van der Waals surface area contributed by atoms with Crippen molar-refractivity contribution >= 4 is 39.5 Å². The van der Waals surface area contributed by atoms with Crippen LogP contribution in [-0.2, 0) is 65.4 Å². The lowest BCUT2D eigenvalue weighted by molar-refractivity contribution is -0.161. The van der Waals surface area contributed by atoms with Gasteiger partial charge in [-0.25, -0.2) is 9.13 Å². The predicted octanol–water partition coefficient (Wildman–Crippen LogP) is 22.0. The number of rotatable bonds is 73. The van der Waals surface area contributed by atoms with Gasteiger partial charge in [-0.15, -0.1) is 0 Å². The number of carbonyl (C=O) groups excluding carboxylic acids is 4. The molecule has 0 heterocycles. The van der Waals surface area contributed by atoms with Crippen molar-refractivity contribution in [1.29, 1.82) is 0 Å². The lowest BCUT2D eigenvalue weighted by atomic mass is 9.99. The Labute approximate surface area is 581 Å². The highest BCUT2D eigenvalue weighted by Gasteiger charge is 2.30. The van der Waals surface area contributed by atoms with Crippen molar-refractivity contribution in [3.8, 4) is 0 Å². The smallest absolute Gasteiger partial charge is 0.462 e. The van der Waals surface area contributed by atoms with Crippen LogP contribution in [-0.4, -0.2) is 96.7 Å². The molecule has 0 fully saturated rings. The molecular weight excluding hydrogens is 1250 g/mol. The second kappa shape index (κ2) is 65.4. The molecule has 19 heteroatoms. The third-order valence-electron chi connectivity index (χ3n) is 18.3. The fraction of sp³-hybridized carbons (Fsp3) is 0.947. The summed E-state index contributed by atoms with van der Waals surface area (Å²) in [5.41, 5.74) is 0. The van der Waals surface area contributed by atoms with Gasteiger partial charge in [-0.05, 0) is 49.4 Å². The summed E-state index contributed by atoms with van der Waals surface area (Å²) in [5.74, 6) is 0.930. The van der Waals surface area contributed by atoms with E-state index in [1.54, 1.807) is 0 Å². The van der Waals surface area contributed by atoms with Gasteiger partial charge in [0.1, 0.15) is 19.3 Å². The minimum absolute atomic E-state index is 0.102. The Balaban J connectivity index is 5.15. The molecule has 0 saturated heterocycles. The van der Waals surface area contributed by atoms with E-state index in [0.717, 1.165) is 114 Å². The van der Waals surface area contributed by atoms with Crippen LogP contribution in [0.4, 0.5) is 0 Å². The summed E-state index contributed by atoms with van der Waals surface area (Å²) in [5, 5.41) is 10.6. The van der Waals surface area contributed by atoms with Crippen LogP contribution >= 0.6 is 15.6 Å². The van der Waals surface area contributed by atoms with E-state index in [2.05, 4.69) is 55.4 Å². The molecule has 0 radical (unpaired) electrons. The molecule has 5 unspecified atom stereocenters. The third kappa shape index (κ3) is 67.6. The minimum atomic E-state index is -4.96. The average molecular weight is 1400 g/mol. The van der Waals surface area contributed by atoms with Crippen molar-refractivity contribution in [3.05, 3.63) is 0 Å². The van der Waals surface area contributed by atoms with Crippen LogP contribution in [0.3, 0.4) is 0 Å². The number of phosphoric acid groups is 2. The number of hydrogen-bond acceptors (Lipinski definition) is 15. The number of esters is 4. The maximum absolute atomic E-state index is 13.1. The van der Waals surface area contributed by atoms with Crippen molar-refractivity contribution in [2.75, 3.05) is 39.6 Å². The van der Waals surface area contributed by atoms with Gasteiger partial charge in [-0.3, -0.25) is 37.3 Å². The molecule has 3 N–H and O–H groups in total. The summed E-state index contributed by atoms with van der Waals surface area (Å²) in [6.07, 6.45) is 50.2. The Kier molecular flexibility index (Phi) is 64.0. The molecule has 95 heavy (non-hydrogen) atoms. The molecule has 0 aliphatic rings. The summed E-state index contributed by atoms with van der Waals surface area (Å²) in [6.45, 7) is 14.2. The first-order chi connectivity index (χ1) is 45.7. The number of phosphoric ester groups is 2. The fourth-order valence-electron chi connectivity index (χ4n) is 11.5. The number of aliphatic hydroxyl groups is 1. The highest BCUT2D eigenvalue weighted by atomic mass is 31.2. The van der Waals surface area contributed by atoms with Crippen molar-refractivity contribution in [3.63, 3.8) is 0 Å². The van der Waals surface area contributed by atoms with Crippen LogP contribution in [0.1, 0.15) is 383 Å². The van der Waals surface area contributed by atoms with E-state index in [1.807, 2.05) is 0 Å². The van der Waals surface area contributed by atoms with Gasteiger partial charge in [0, 0.05) is 25.7 Å². The largest absolute Gasteiger partial charge is 0.472 e. The van der Waals surface area contributed by atoms with Crippen molar-refractivity contribution in [2.24, 2.45) is 23.7 Å². The van der Waals surface area contributed by atoms with E-state index in [1.165, 1.54) is 186 Å². The molecule has 0 rings (SSSR count). The molecule has 0 aromatic heterocycles. The van der Waals surface area contributed by atoms with E-state index < -0.39 is 97.5 Å². The van der Waals surface area contributed by atoms with Crippen LogP contribution in [0.2, 0.25) is 0 Å². The Morgan fingerprint density at radius 3 is 0.747 bits per heavy atom. The van der Waals surface area contributed by atoms with Gasteiger partial charge >= 0.3 is 39.5 Å². The van der Waals surface area contributed by atoms with Gasteiger partial charge in [0.15, 0.2) is 12.2 Å². The van der Waals surface area contributed by atoms with E-state index >= 15 is 0 Å². The van der Waals surface area contributed by atoms with Crippen LogP contribution in [0, 0.1) is 23.7 Å². The molecule has 0 spiro atoms. The van der Waals surface area contributed by atoms with Gasteiger partial charge in [0.2, 0.25) is 0 Å². The van der Waals surface area contributed by atoms with Crippen LogP contribution in [0.25, 0.3) is 0 Å². The van der Waals surface area contributed by atoms with E-state index in [9.17, 15) is 43.2 Å².